The predicted molar refractivity (Wildman–Crippen MR) is 345 cm³/mol. The highest BCUT2D eigenvalue weighted by atomic mass is 16.5. The Morgan fingerprint density at radius 3 is 1.60 bits per heavy atom. The van der Waals surface area contributed by atoms with E-state index in [0.29, 0.717) is 46.4 Å². The Morgan fingerprint density at radius 2 is 0.939 bits per heavy atom. The summed E-state index contributed by atoms with van der Waals surface area (Å²) in [7, 11) is 0. The molecule has 2 aromatic heterocycles. The van der Waals surface area contributed by atoms with Crippen molar-refractivity contribution in [2.75, 3.05) is 16.5 Å². The van der Waals surface area contributed by atoms with E-state index < -0.39 is 59.2 Å². The summed E-state index contributed by atoms with van der Waals surface area (Å²) in [5, 5.41) is 1.92. The fourth-order valence-electron chi connectivity index (χ4n) is 10.8. The van der Waals surface area contributed by atoms with Crippen molar-refractivity contribution in [2.45, 2.75) is 105 Å². The smallest absolute Gasteiger partial charge is 0.143 e. The molecule has 0 bridgehead atoms. The topological polar surface area (TPSA) is 42.8 Å². The molecule has 12 rings (SSSR count). The van der Waals surface area contributed by atoms with Gasteiger partial charge in [0.05, 0.1) is 36.1 Å². The number of hydrogen-bond donors (Lipinski definition) is 0. The summed E-state index contributed by atoms with van der Waals surface area (Å²) in [6, 6.07) is 46.1. The van der Waals surface area contributed by atoms with Crippen molar-refractivity contribution in [1.82, 2.24) is 9.55 Å². The molecule has 9 aromatic carbocycles. The Hall–Kier alpha value is -8.87. The molecule has 0 N–H and O–H groups in total. The fourth-order valence-corrected chi connectivity index (χ4v) is 10.8. The Morgan fingerprint density at radius 1 is 0.402 bits per heavy atom. The van der Waals surface area contributed by atoms with E-state index in [1.54, 1.807) is 24.4 Å². The van der Waals surface area contributed by atoms with Crippen LogP contribution >= 0.6 is 0 Å². The van der Waals surface area contributed by atoms with Gasteiger partial charge in [0.15, 0.2) is 0 Å². The van der Waals surface area contributed by atoms with Crippen LogP contribution in [0.15, 0.2) is 218 Å². The monoisotopic (exact) mass is 1080 g/mol. The first-order valence-electron chi connectivity index (χ1n) is 33.0. The van der Waals surface area contributed by atoms with Gasteiger partial charge < -0.3 is 19.3 Å². The number of pyridine rings is 1. The molecule has 0 unspecified atom stereocenters. The van der Waals surface area contributed by atoms with Crippen LogP contribution in [-0.4, -0.2) is 16.2 Å². The van der Waals surface area contributed by atoms with Crippen LogP contribution in [0.4, 0.5) is 22.7 Å². The second kappa shape index (κ2) is 20.6. The molecule has 0 saturated heterocycles. The number of fused-ring (bicyclic) bond motifs is 4. The van der Waals surface area contributed by atoms with Crippen molar-refractivity contribution in [1.29, 1.82) is 0 Å². The zero-order valence-corrected chi connectivity index (χ0v) is 48.8. The van der Waals surface area contributed by atoms with Gasteiger partial charge in [-0.1, -0.05) is 198 Å². The lowest BCUT2D eigenvalue weighted by Gasteiger charge is -2.29. The van der Waals surface area contributed by atoms with Gasteiger partial charge >= 0.3 is 0 Å². The number of hydrogen-bond acceptors (Lipinski definition) is 5. The maximum atomic E-state index is 9.40. The summed E-state index contributed by atoms with van der Waals surface area (Å²) in [6.07, 6.45) is 1.64. The molecule has 6 heteroatoms. The second-order valence-electron chi connectivity index (χ2n) is 25.5. The van der Waals surface area contributed by atoms with Crippen LogP contribution in [-0.2, 0) is 21.7 Å². The Balaban J connectivity index is 0.979. The molecule has 3 heterocycles. The fraction of sp³-hybridized carbons (Fsp3) is 0.224. The first kappa shape index (κ1) is 42.9. The highest BCUT2D eigenvalue weighted by molar-refractivity contribution is 6.09. The quantitative estimate of drug-likeness (QED) is 0.137. The first-order chi connectivity index (χ1) is 43.3. The largest absolute Gasteiger partial charge is 0.457 e. The highest BCUT2D eigenvalue weighted by Gasteiger charge is 2.31. The first-order valence-corrected chi connectivity index (χ1v) is 28.0. The summed E-state index contributed by atoms with van der Waals surface area (Å²) in [4.78, 5) is 9.70. The van der Waals surface area contributed by atoms with Crippen LogP contribution in [0.1, 0.15) is 119 Å². The molecule has 1 aliphatic rings. The lowest BCUT2D eigenvalue weighted by Crippen LogP contribution is -2.25. The number of nitrogens with zero attached hydrogens (tertiary/aromatic N) is 4. The molecular weight excluding hydrogens is 1000 g/mol. The van der Waals surface area contributed by atoms with Crippen molar-refractivity contribution in [3.8, 4) is 62.2 Å². The van der Waals surface area contributed by atoms with Crippen LogP contribution in [0.2, 0.25) is 0 Å². The molecule has 1 aliphatic heterocycles. The minimum Gasteiger partial charge on any atom is -0.457 e. The van der Waals surface area contributed by atoms with Gasteiger partial charge in [-0.15, -0.1) is 0 Å². The summed E-state index contributed by atoms with van der Waals surface area (Å²) >= 11 is 0. The predicted octanol–water partition coefficient (Wildman–Crippen LogP) is 21.2. The molecule has 410 valence electrons. The molecule has 0 aliphatic carbocycles. The highest BCUT2D eigenvalue weighted by Crippen LogP contribution is 2.49. The molecule has 11 aromatic rings. The van der Waals surface area contributed by atoms with E-state index in [-0.39, 0.29) is 45.4 Å². The third-order valence-corrected chi connectivity index (χ3v) is 15.5. The van der Waals surface area contributed by atoms with Crippen LogP contribution in [0.25, 0.3) is 61.0 Å². The third-order valence-electron chi connectivity index (χ3n) is 15.5. The molecule has 0 saturated carbocycles. The Kier molecular flexibility index (Phi) is 10.8. The molecular formula is C76H74N4O2. The lowest BCUT2D eigenvalue weighted by atomic mass is 9.80. The standard InChI is InChI=1S/C76H74N4O2/c1-73(2,3)54-39-52(50-24-15-13-16-25-50)38-53(40-54)66-45-57(76(10,11)12)44-65(51-26-17-14-18-27-51)72(66)82-62-36-37-77-71(48-62)80-67-31-20-19-30-63(67)64-35-34-61(47-70(64)80)81-60-29-23-28-58(46-60)78-49-79(69-33-22-21-32-68(69)78)59-42-55(74(4,5)6)41-56(43-59)75(7,8)9/h13-48H,49H2,1-12H3/i13D,14D,15D,16D,17D,18D,24D,25D,26D,27D. The minimum atomic E-state index is -0.572. The van der Waals surface area contributed by atoms with E-state index in [0.717, 1.165) is 55.7 Å². The number of anilines is 4. The van der Waals surface area contributed by atoms with Gasteiger partial charge in [0.2, 0.25) is 0 Å². The lowest BCUT2D eigenvalue weighted by molar-refractivity contribution is 0.483. The van der Waals surface area contributed by atoms with E-state index >= 15 is 0 Å². The summed E-state index contributed by atoms with van der Waals surface area (Å²) in [5.74, 6) is 2.19. The average molecular weight is 1090 g/mol. The normalized spacial score (nSPS) is 14.7. The molecule has 0 amide bonds. The molecule has 0 fully saturated rings. The van der Waals surface area contributed by atoms with Crippen LogP contribution in [0.3, 0.4) is 0 Å². The Bertz CT molecular complexity index is 4730. The van der Waals surface area contributed by atoms with E-state index in [9.17, 15) is 2.74 Å². The average Bonchev–Trinajstić information content (AvgIpc) is 1.17. The number of benzene rings is 9. The second-order valence-corrected chi connectivity index (χ2v) is 25.5. The van der Waals surface area contributed by atoms with Crippen LogP contribution < -0.4 is 19.3 Å². The minimum absolute atomic E-state index is 0.0176. The van der Waals surface area contributed by atoms with Crippen molar-refractivity contribution >= 4 is 44.6 Å². The number of ether oxygens (including phenoxy) is 2. The van der Waals surface area contributed by atoms with Crippen molar-refractivity contribution in [3.05, 3.63) is 241 Å². The molecule has 0 spiro atoms. The number of rotatable bonds is 10. The zero-order chi connectivity index (χ0) is 66.0. The van der Waals surface area contributed by atoms with E-state index in [1.807, 2.05) is 108 Å². The van der Waals surface area contributed by atoms with Crippen molar-refractivity contribution in [3.63, 3.8) is 0 Å². The molecule has 82 heavy (non-hydrogen) atoms. The van der Waals surface area contributed by atoms with E-state index in [4.69, 9.17) is 25.4 Å². The van der Waals surface area contributed by atoms with Gasteiger partial charge in [-0.05, 0) is 145 Å². The zero-order valence-electron chi connectivity index (χ0n) is 58.8. The SMILES string of the molecule is [2H]c1c([2H])c([2H])c(-c2cc(-c3cc(C(C)(C)C)cc(-c4c([2H])c([2H])c([2H])c([2H])c4[2H])c3Oc3ccnc(-n4c5ccccc5c5ccc(Oc6cccc(N7CN(c8cc(C(C)(C)C)cc(C(C)(C)C)c8)c8ccccc87)c6)cc54)c3)cc(C(C)(C)C)c2)c([2H])c1[2H]. The van der Waals surface area contributed by atoms with E-state index in [2.05, 4.69) is 123 Å². The Labute approximate surface area is 499 Å². The van der Waals surface area contributed by atoms with Gasteiger partial charge in [-0.25, -0.2) is 4.98 Å². The van der Waals surface area contributed by atoms with E-state index in [1.165, 1.54) is 11.1 Å². The van der Waals surface area contributed by atoms with Gasteiger partial charge in [-0.3, -0.25) is 4.57 Å². The van der Waals surface area contributed by atoms with Gasteiger partial charge in [0, 0.05) is 57.7 Å². The number of para-hydroxylation sites is 3. The summed E-state index contributed by atoms with van der Waals surface area (Å²) in [5.41, 5.74) is 10.4. The molecule has 0 radical (unpaired) electrons. The van der Waals surface area contributed by atoms with Crippen molar-refractivity contribution < 1.29 is 23.2 Å². The van der Waals surface area contributed by atoms with Gasteiger partial charge in [-0.2, -0.15) is 0 Å². The third kappa shape index (κ3) is 10.5. The number of aromatic nitrogens is 2. The summed E-state index contributed by atoms with van der Waals surface area (Å²) in [6.45, 7) is 26.3. The summed E-state index contributed by atoms with van der Waals surface area (Å²) < 4.78 is 105. The van der Waals surface area contributed by atoms with Crippen LogP contribution in [0.5, 0.6) is 23.0 Å². The molecule has 0 atom stereocenters. The van der Waals surface area contributed by atoms with Crippen molar-refractivity contribution in [2.24, 2.45) is 0 Å². The maximum Gasteiger partial charge on any atom is 0.143 e. The van der Waals surface area contributed by atoms with Gasteiger partial charge in [0.1, 0.15) is 35.5 Å². The van der Waals surface area contributed by atoms with Gasteiger partial charge in [0.25, 0.3) is 0 Å². The maximum absolute atomic E-state index is 9.40. The van der Waals surface area contributed by atoms with Crippen LogP contribution in [0, 0.1) is 0 Å². The molecule has 6 nitrogen and oxygen atoms in total.